The van der Waals surface area contributed by atoms with Gasteiger partial charge in [-0.05, 0) is 30.7 Å². The Kier molecular flexibility index (Phi) is 4.32. The summed E-state index contributed by atoms with van der Waals surface area (Å²) in [5, 5.41) is 4.41. The van der Waals surface area contributed by atoms with Crippen LogP contribution in [-0.4, -0.2) is 35.4 Å². The first-order chi connectivity index (χ1) is 11.2. The van der Waals surface area contributed by atoms with Gasteiger partial charge in [0.15, 0.2) is 17.1 Å². The standard InChI is InChI=1S/C17H19N3O3/c1-4-9-23-17-8-7-16-18-13(11-20(16)19-17)12-5-6-14(21-2)15(10-12)22-3/h5-8,10-11H,4,9H2,1-3H3. The van der Waals surface area contributed by atoms with E-state index < -0.39 is 0 Å². The number of imidazole rings is 1. The maximum atomic E-state index is 5.55. The number of methoxy groups -OCH3 is 2. The van der Waals surface area contributed by atoms with Crippen LogP contribution in [0.15, 0.2) is 36.5 Å². The molecular formula is C17H19N3O3. The zero-order valence-corrected chi connectivity index (χ0v) is 13.4. The first kappa shape index (κ1) is 15.1. The topological polar surface area (TPSA) is 57.9 Å². The van der Waals surface area contributed by atoms with E-state index in [-0.39, 0.29) is 0 Å². The minimum absolute atomic E-state index is 0.593. The van der Waals surface area contributed by atoms with Crippen molar-refractivity contribution < 1.29 is 14.2 Å². The number of hydrogen-bond donors (Lipinski definition) is 0. The molecule has 2 heterocycles. The Bertz CT molecular complexity index is 814. The van der Waals surface area contributed by atoms with Gasteiger partial charge in [0.2, 0.25) is 5.88 Å². The SMILES string of the molecule is CCCOc1ccc2nc(-c3ccc(OC)c(OC)c3)cn2n1. The van der Waals surface area contributed by atoms with E-state index in [4.69, 9.17) is 14.2 Å². The summed E-state index contributed by atoms with van der Waals surface area (Å²) in [6.07, 6.45) is 2.82. The molecule has 0 saturated carbocycles. The van der Waals surface area contributed by atoms with Gasteiger partial charge >= 0.3 is 0 Å². The number of rotatable bonds is 6. The molecule has 0 aliphatic rings. The van der Waals surface area contributed by atoms with Crippen molar-refractivity contribution in [3.63, 3.8) is 0 Å². The number of nitrogens with zero attached hydrogens (tertiary/aromatic N) is 3. The molecule has 2 aromatic heterocycles. The van der Waals surface area contributed by atoms with E-state index in [1.807, 2.05) is 36.5 Å². The average Bonchev–Trinajstić information content (AvgIpc) is 3.02. The first-order valence-electron chi connectivity index (χ1n) is 7.46. The van der Waals surface area contributed by atoms with Crippen LogP contribution in [0.2, 0.25) is 0 Å². The van der Waals surface area contributed by atoms with Crippen molar-refractivity contribution in [2.75, 3.05) is 20.8 Å². The molecule has 0 saturated heterocycles. The molecule has 0 spiro atoms. The van der Waals surface area contributed by atoms with Gasteiger partial charge in [-0.2, -0.15) is 0 Å². The summed E-state index contributed by atoms with van der Waals surface area (Å²) in [6, 6.07) is 9.42. The molecule has 0 bridgehead atoms. The molecule has 23 heavy (non-hydrogen) atoms. The zero-order chi connectivity index (χ0) is 16.2. The Morgan fingerprint density at radius 3 is 2.61 bits per heavy atom. The summed E-state index contributed by atoms with van der Waals surface area (Å²) in [4.78, 5) is 4.58. The van der Waals surface area contributed by atoms with Crippen molar-refractivity contribution in [2.24, 2.45) is 0 Å². The summed E-state index contributed by atoms with van der Waals surface area (Å²) in [6.45, 7) is 2.71. The smallest absolute Gasteiger partial charge is 0.231 e. The van der Waals surface area contributed by atoms with Crippen molar-refractivity contribution >= 4 is 5.65 Å². The molecule has 0 radical (unpaired) electrons. The van der Waals surface area contributed by atoms with E-state index in [9.17, 15) is 0 Å². The second kappa shape index (κ2) is 6.56. The number of fused-ring (bicyclic) bond motifs is 1. The van der Waals surface area contributed by atoms with Crippen LogP contribution in [0.25, 0.3) is 16.9 Å². The largest absolute Gasteiger partial charge is 0.493 e. The molecule has 6 heteroatoms. The predicted molar refractivity (Wildman–Crippen MR) is 87.3 cm³/mol. The monoisotopic (exact) mass is 313 g/mol. The lowest BCUT2D eigenvalue weighted by Gasteiger charge is -2.08. The van der Waals surface area contributed by atoms with E-state index in [0.29, 0.717) is 24.0 Å². The lowest BCUT2D eigenvalue weighted by Crippen LogP contribution is -2.00. The molecule has 3 aromatic rings. The lowest BCUT2D eigenvalue weighted by atomic mass is 10.1. The highest BCUT2D eigenvalue weighted by Crippen LogP contribution is 2.31. The third kappa shape index (κ3) is 3.06. The van der Waals surface area contributed by atoms with Crippen LogP contribution in [0.3, 0.4) is 0 Å². The van der Waals surface area contributed by atoms with Crippen LogP contribution in [-0.2, 0) is 0 Å². The second-order valence-corrected chi connectivity index (χ2v) is 5.02. The van der Waals surface area contributed by atoms with E-state index in [1.165, 1.54) is 0 Å². The van der Waals surface area contributed by atoms with Gasteiger partial charge in [-0.15, -0.1) is 5.10 Å². The normalized spacial score (nSPS) is 10.7. The van der Waals surface area contributed by atoms with Gasteiger partial charge in [-0.25, -0.2) is 9.50 Å². The van der Waals surface area contributed by atoms with Crippen molar-refractivity contribution in [3.8, 4) is 28.6 Å². The first-order valence-corrected chi connectivity index (χ1v) is 7.46. The van der Waals surface area contributed by atoms with Crippen molar-refractivity contribution in [1.29, 1.82) is 0 Å². The maximum Gasteiger partial charge on any atom is 0.231 e. The summed E-state index contributed by atoms with van der Waals surface area (Å²) >= 11 is 0. The quantitative estimate of drug-likeness (QED) is 0.699. The number of benzene rings is 1. The van der Waals surface area contributed by atoms with Crippen LogP contribution in [0, 0.1) is 0 Å². The Hall–Kier alpha value is -2.76. The van der Waals surface area contributed by atoms with Gasteiger partial charge in [-0.1, -0.05) is 6.92 Å². The van der Waals surface area contributed by atoms with E-state index >= 15 is 0 Å². The van der Waals surface area contributed by atoms with E-state index in [2.05, 4.69) is 17.0 Å². The molecule has 6 nitrogen and oxygen atoms in total. The number of ether oxygens (including phenoxy) is 3. The fourth-order valence-corrected chi connectivity index (χ4v) is 2.28. The molecule has 0 aliphatic heterocycles. The van der Waals surface area contributed by atoms with Crippen molar-refractivity contribution in [1.82, 2.24) is 14.6 Å². The van der Waals surface area contributed by atoms with Crippen LogP contribution < -0.4 is 14.2 Å². The Balaban J connectivity index is 1.96. The third-order valence-electron chi connectivity index (χ3n) is 3.43. The third-order valence-corrected chi connectivity index (χ3v) is 3.43. The minimum atomic E-state index is 0.593. The van der Waals surface area contributed by atoms with Crippen molar-refractivity contribution in [2.45, 2.75) is 13.3 Å². The fraction of sp³-hybridized carbons (Fsp3) is 0.294. The highest BCUT2D eigenvalue weighted by molar-refractivity contribution is 5.66. The molecule has 0 aliphatic carbocycles. The zero-order valence-electron chi connectivity index (χ0n) is 13.4. The van der Waals surface area contributed by atoms with Gasteiger partial charge < -0.3 is 14.2 Å². The fourth-order valence-electron chi connectivity index (χ4n) is 2.28. The summed E-state index contributed by atoms with van der Waals surface area (Å²) in [7, 11) is 3.23. The lowest BCUT2D eigenvalue weighted by molar-refractivity contribution is 0.300. The van der Waals surface area contributed by atoms with Gasteiger partial charge in [0, 0.05) is 11.6 Å². The molecule has 120 valence electrons. The molecule has 1 aromatic carbocycles. The van der Waals surface area contributed by atoms with Crippen molar-refractivity contribution in [3.05, 3.63) is 36.5 Å². The van der Waals surface area contributed by atoms with Gasteiger partial charge in [0.05, 0.1) is 32.7 Å². The molecule has 3 rings (SSSR count). The molecule has 0 N–H and O–H groups in total. The number of hydrogen-bond acceptors (Lipinski definition) is 5. The van der Waals surface area contributed by atoms with Crippen LogP contribution in [0.4, 0.5) is 0 Å². The predicted octanol–water partition coefficient (Wildman–Crippen LogP) is 3.20. The molecular weight excluding hydrogens is 294 g/mol. The van der Waals surface area contributed by atoms with Crippen LogP contribution >= 0.6 is 0 Å². The van der Waals surface area contributed by atoms with Gasteiger partial charge in [-0.3, -0.25) is 0 Å². The molecule has 0 atom stereocenters. The Morgan fingerprint density at radius 1 is 1.04 bits per heavy atom. The summed E-state index contributed by atoms with van der Waals surface area (Å²) < 4.78 is 17.9. The minimum Gasteiger partial charge on any atom is -0.493 e. The summed E-state index contributed by atoms with van der Waals surface area (Å²) in [5.74, 6) is 1.95. The second-order valence-electron chi connectivity index (χ2n) is 5.02. The average molecular weight is 313 g/mol. The molecule has 0 fully saturated rings. The van der Waals surface area contributed by atoms with Crippen LogP contribution in [0.5, 0.6) is 17.4 Å². The van der Waals surface area contributed by atoms with Crippen LogP contribution in [0.1, 0.15) is 13.3 Å². The Morgan fingerprint density at radius 2 is 1.87 bits per heavy atom. The van der Waals surface area contributed by atoms with E-state index in [1.54, 1.807) is 18.7 Å². The Labute approximate surface area is 134 Å². The van der Waals surface area contributed by atoms with Gasteiger partial charge in [0.25, 0.3) is 0 Å². The summed E-state index contributed by atoms with van der Waals surface area (Å²) in [5.41, 5.74) is 2.51. The van der Waals surface area contributed by atoms with Gasteiger partial charge in [0.1, 0.15) is 0 Å². The van der Waals surface area contributed by atoms with E-state index in [0.717, 1.165) is 23.3 Å². The molecule has 0 unspecified atom stereocenters. The maximum absolute atomic E-state index is 5.55. The molecule has 0 amide bonds. The highest BCUT2D eigenvalue weighted by Gasteiger charge is 2.10. The highest BCUT2D eigenvalue weighted by atomic mass is 16.5. The number of aromatic nitrogens is 3.